The van der Waals surface area contributed by atoms with Crippen LogP contribution in [0.1, 0.15) is 12.5 Å². The van der Waals surface area contributed by atoms with Gasteiger partial charge in [-0.2, -0.15) is 0 Å². The number of methoxy groups -OCH3 is 2. The summed E-state index contributed by atoms with van der Waals surface area (Å²) in [5.41, 5.74) is 2.71. The Labute approximate surface area is 135 Å². The van der Waals surface area contributed by atoms with Gasteiger partial charge in [-0.05, 0) is 26.0 Å². The summed E-state index contributed by atoms with van der Waals surface area (Å²) in [7, 11) is -0.277. The molecule has 5 nitrogen and oxygen atoms in total. The first kappa shape index (κ1) is 15.9. The van der Waals surface area contributed by atoms with Crippen LogP contribution in [0.25, 0.3) is 11.1 Å². The molecule has 0 aliphatic carbocycles. The summed E-state index contributed by atoms with van der Waals surface area (Å²) < 4.78 is 35.1. The van der Waals surface area contributed by atoms with Crippen LogP contribution < -0.4 is 19.3 Å². The van der Waals surface area contributed by atoms with Gasteiger partial charge in [0.1, 0.15) is 5.75 Å². The Hall–Kier alpha value is -1.97. The molecule has 2 aromatic rings. The van der Waals surface area contributed by atoms with Crippen molar-refractivity contribution in [2.75, 3.05) is 20.8 Å². The zero-order valence-corrected chi connectivity index (χ0v) is 14.5. The van der Waals surface area contributed by atoms with Crippen LogP contribution in [0.4, 0.5) is 0 Å². The van der Waals surface area contributed by atoms with Gasteiger partial charge in [-0.1, -0.05) is 17.7 Å². The minimum atomic E-state index is -3.41. The second kappa shape index (κ2) is 5.91. The summed E-state index contributed by atoms with van der Waals surface area (Å²) in [5.74, 6) is 1.58. The smallest absolute Gasteiger partial charge is 0.411 e. The van der Waals surface area contributed by atoms with Crippen molar-refractivity contribution in [1.29, 1.82) is 0 Å². The molecule has 2 aromatic carbocycles. The molecule has 0 saturated carbocycles. The summed E-state index contributed by atoms with van der Waals surface area (Å²) in [5, 5.41) is 0.574. The minimum absolute atomic E-state index is 0.299. The second-order valence-electron chi connectivity index (χ2n) is 5.23. The van der Waals surface area contributed by atoms with E-state index in [-0.39, 0.29) is 0 Å². The predicted octanol–water partition coefficient (Wildman–Crippen LogP) is 3.93. The lowest BCUT2D eigenvalue weighted by Crippen LogP contribution is -2.19. The Balaban J connectivity index is 2.28. The monoisotopic (exact) mass is 334 g/mol. The van der Waals surface area contributed by atoms with Gasteiger partial charge in [0.15, 0.2) is 11.5 Å². The van der Waals surface area contributed by atoms with Crippen LogP contribution in [0.15, 0.2) is 30.3 Å². The molecule has 1 aliphatic heterocycles. The van der Waals surface area contributed by atoms with E-state index in [9.17, 15) is 4.57 Å². The molecule has 1 aliphatic rings. The van der Waals surface area contributed by atoms with E-state index >= 15 is 0 Å². The van der Waals surface area contributed by atoms with Crippen LogP contribution in [-0.4, -0.2) is 20.8 Å². The number of rotatable bonds is 4. The van der Waals surface area contributed by atoms with Gasteiger partial charge in [0, 0.05) is 17.2 Å². The van der Waals surface area contributed by atoms with Crippen LogP contribution in [0.2, 0.25) is 0 Å². The summed E-state index contributed by atoms with van der Waals surface area (Å²) in [6.45, 7) is 4.08. The lowest BCUT2D eigenvalue weighted by molar-refractivity contribution is 0.287. The summed E-state index contributed by atoms with van der Waals surface area (Å²) in [6, 6.07) is 9.21. The lowest BCUT2D eigenvalue weighted by Gasteiger charge is -2.28. The standard InChI is InChI=1S/C17H19O5P/c1-5-21-23(18)17-7-6-11(2)8-13(17)12-9-15(19-3)16(20-4)10-14(12)22-23/h6-10H,5H2,1-4H3. The molecule has 1 atom stereocenters. The summed E-state index contributed by atoms with van der Waals surface area (Å²) in [4.78, 5) is 0. The molecule has 0 bridgehead atoms. The highest BCUT2D eigenvalue weighted by molar-refractivity contribution is 7.63. The molecule has 0 aromatic heterocycles. The van der Waals surface area contributed by atoms with Crippen molar-refractivity contribution in [3.63, 3.8) is 0 Å². The van der Waals surface area contributed by atoms with Gasteiger partial charge in [0.2, 0.25) is 0 Å². The Bertz CT molecular complexity index is 800. The van der Waals surface area contributed by atoms with Gasteiger partial charge in [0.05, 0.1) is 26.1 Å². The van der Waals surface area contributed by atoms with E-state index in [4.69, 9.17) is 18.5 Å². The first-order valence-electron chi connectivity index (χ1n) is 7.34. The Morgan fingerprint density at radius 2 is 1.74 bits per heavy atom. The van der Waals surface area contributed by atoms with E-state index in [2.05, 4.69) is 0 Å². The zero-order chi connectivity index (χ0) is 16.6. The molecule has 1 heterocycles. The van der Waals surface area contributed by atoms with Gasteiger partial charge < -0.3 is 14.0 Å². The second-order valence-corrected chi connectivity index (χ2v) is 7.15. The highest BCUT2D eigenvalue weighted by Crippen LogP contribution is 2.57. The number of ether oxygens (including phenoxy) is 2. The average molecular weight is 334 g/mol. The average Bonchev–Trinajstić information content (AvgIpc) is 2.53. The number of fused-ring (bicyclic) bond motifs is 3. The van der Waals surface area contributed by atoms with Crippen molar-refractivity contribution in [1.82, 2.24) is 0 Å². The topological polar surface area (TPSA) is 54.0 Å². The number of hydrogen-bond donors (Lipinski definition) is 0. The van der Waals surface area contributed by atoms with E-state index in [1.54, 1.807) is 33.3 Å². The number of hydrogen-bond acceptors (Lipinski definition) is 5. The third-order valence-corrected chi connectivity index (χ3v) is 5.76. The molecule has 23 heavy (non-hydrogen) atoms. The first-order valence-corrected chi connectivity index (χ1v) is 8.88. The van der Waals surface area contributed by atoms with E-state index in [1.807, 2.05) is 25.1 Å². The van der Waals surface area contributed by atoms with Gasteiger partial charge in [-0.15, -0.1) is 0 Å². The van der Waals surface area contributed by atoms with Gasteiger partial charge >= 0.3 is 7.60 Å². The van der Waals surface area contributed by atoms with Gasteiger partial charge in [-0.3, -0.25) is 4.52 Å². The van der Waals surface area contributed by atoms with Crippen LogP contribution in [0.5, 0.6) is 17.2 Å². The number of benzene rings is 2. The zero-order valence-electron chi connectivity index (χ0n) is 13.6. The molecule has 1 unspecified atom stereocenters. The fraction of sp³-hybridized carbons (Fsp3) is 0.294. The van der Waals surface area contributed by atoms with E-state index in [1.165, 1.54) is 0 Å². The fourth-order valence-electron chi connectivity index (χ4n) is 2.70. The first-order chi connectivity index (χ1) is 11.0. The molecule has 122 valence electrons. The molecule has 0 spiro atoms. The molecular weight excluding hydrogens is 315 g/mol. The number of aryl methyl sites for hydroxylation is 1. The Morgan fingerprint density at radius 1 is 1.04 bits per heavy atom. The van der Waals surface area contributed by atoms with Gasteiger partial charge in [-0.25, -0.2) is 4.57 Å². The SMILES string of the molecule is CCOP1(=O)Oc2cc(OC)c(OC)cc2-c2cc(C)ccc21. The van der Waals surface area contributed by atoms with Crippen molar-refractivity contribution in [2.24, 2.45) is 0 Å². The van der Waals surface area contributed by atoms with E-state index in [0.29, 0.717) is 29.2 Å². The van der Waals surface area contributed by atoms with Crippen molar-refractivity contribution < 1.29 is 23.1 Å². The normalized spacial score (nSPS) is 18.6. The van der Waals surface area contributed by atoms with E-state index in [0.717, 1.165) is 16.7 Å². The van der Waals surface area contributed by atoms with Crippen LogP contribution in [0, 0.1) is 6.92 Å². The van der Waals surface area contributed by atoms with Crippen molar-refractivity contribution in [3.05, 3.63) is 35.9 Å². The molecule has 6 heteroatoms. The molecule has 0 radical (unpaired) electrons. The van der Waals surface area contributed by atoms with Gasteiger partial charge in [0.25, 0.3) is 0 Å². The quantitative estimate of drug-likeness (QED) is 0.793. The summed E-state index contributed by atoms with van der Waals surface area (Å²) in [6.07, 6.45) is 0. The maximum atomic E-state index is 13.2. The van der Waals surface area contributed by atoms with Crippen LogP contribution >= 0.6 is 7.60 Å². The maximum Gasteiger partial charge on any atom is 0.411 e. The molecule has 0 amide bonds. The third kappa shape index (κ3) is 2.60. The highest BCUT2D eigenvalue weighted by Gasteiger charge is 2.38. The van der Waals surface area contributed by atoms with Crippen LogP contribution in [-0.2, 0) is 9.09 Å². The van der Waals surface area contributed by atoms with Crippen LogP contribution in [0.3, 0.4) is 0 Å². The molecule has 0 fully saturated rings. The molecule has 0 saturated heterocycles. The van der Waals surface area contributed by atoms with Crippen molar-refractivity contribution >= 4 is 12.9 Å². The lowest BCUT2D eigenvalue weighted by atomic mass is 10.0. The molecule has 3 rings (SSSR count). The van der Waals surface area contributed by atoms with Crippen molar-refractivity contribution in [2.45, 2.75) is 13.8 Å². The highest BCUT2D eigenvalue weighted by atomic mass is 31.2. The predicted molar refractivity (Wildman–Crippen MR) is 89.2 cm³/mol. The maximum absolute atomic E-state index is 13.2. The van der Waals surface area contributed by atoms with E-state index < -0.39 is 7.60 Å². The third-order valence-electron chi connectivity index (χ3n) is 3.74. The minimum Gasteiger partial charge on any atom is -0.493 e. The summed E-state index contributed by atoms with van der Waals surface area (Å²) >= 11 is 0. The van der Waals surface area contributed by atoms with Crippen molar-refractivity contribution in [3.8, 4) is 28.4 Å². The Kier molecular flexibility index (Phi) is 4.09. The molecular formula is C17H19O5P. The molecule has 0 N–H and O–H groups in total. The largest absolute Gasteiger partial charge is 0.493 e. The Morgan fingerprint density at radius 3 is 2.39 bits per heavy atom. The fourth-order valence-corrected chi connectivity index (χ4v) is 4.47.